The maximum absolute atomic E-state index is 12.5. The number of aliphatic hydroxyl groups is 1. The largest absolute Gasteiger partial charge is 0.387 e. The number of hydrogen-bond acceptors (Lipinski definition) is 4. The molecule has 0 saturated carbocycles. The summed E-state index contributed by atoms with van der Waals surface area (Å²) in [6.07, 6.45) is 50.7. The molecule has 0 saturated heterocycles. The standard InChI is InChI=1S/C43H77NO5S/c1-3-5-7-9-11-13-15-17-19-20-21-22-23-25-26-28-30-32-34-36-38-42(45)41(40-50(47,48)49)44-43(46)39-37-35-33-31-29-27-24-18-16-14-12-10-8-6-4-2/h6,8,12,14,18,24,29,31,36,38,41-42,45H,3-5,7,9-11,13,15-17,19-23,25-28,30,32-35,37,39-40H2,1-2H3,(H,44,46)(H,47,48,49)/b8-6-,14-12-,24-18-,31-29-,38-36+. The first-order valence-electron chi connectivity index (χ1n) is 20.5. The number of allylic oxidation sites excluding steroid dienone is 9. The molecule has 6 nitrogen and oxygen atoms in total. The summed E-state index contributed by atoms with van der Waals surface area (Å²) in [6.45, 7) is 4.41. The molecule has 3 N–H and O–H groups in total. The van der Waals surface area contributed by atoms with Gasteiger partial charge in [-0.2, -0.15) is 8.42 Å². The van der Waals surface area contributed by atoms with Crippen molar-refractivity contribution in [2.75, 3.05) is 5.75 Å². The lowest BCUT2D eigenvalue weighted by atomic mass is 10.0. The molecule has 0 spiro atoms. The van der Waals surface area contributed by atoms with Crippen LogP contribution in [0.5, 0.6) is 0 Å². The van der Waals surface area contributed by atoms with Crippen LogP contribution in [0.4, 0.5) is 0 Å². The van der Waals surface area contributed by atoms with Crippen molar-refractivity contribution in [3.05, 3.63) is 60.8 Å². The van der Waals surface area contributed by atoms with Crippen LogP contribution in [-0.4, -0.2) is 41.9 Å². The van der Waals surface area contributed by atoms with Gasteiger partial charge < -0.3 is 10.4 Å². The molecule has 2 unspecified atom stereocenters. The van der Waals surface area contributed by atoms with Gasteiger partial charge in [0.25, 0.3) is 10.1 Å². The van der Waals surface area contributed by atoms with Gasteiger partial charge in [-0.25, -0.2) is 0 Å². The van der Waals surface area contributed by atoms with Crippen LogP contribution < -0.4 is 5.32 Å². The van der Waals surface area contributed by atoms with E-state index in [1.165, 1.54) is 103 Å². The Morgan fingerprint density at radius 3 is 1.42 bits per heavy atom. The van der Waals surface area contributed by atoms with Crippen molar-refractivity contribution in [1.29, 1.82) is 0 Å². The number of aliphatic hydroxyl groups excluding tert-OH is 1. The second-order valence-corrected chi connectivity index (χ2v) is 15.4. The normalized spacial score (nSPS) is 13.9. The molecule has 0 rings (SSSR count). The zero-order chi connectivity index (χ0) is 36.8. The van der Waals surface area contributed by atoms with Crippen LogP contribution in [0, 0.1) is 0 Å². The number of carbonyl (C=O) groups is 1. The molecule has 0 aliphatic heterocycles. The zero-order valence-electron chi connectivity index (χ0n) is 32.3. The molecule has 0 fully saturated rings. The minimum absolute atomic E-state index is 0.241. The van der Waals surface area contributed by atoms with E-state index in [1.54, 1.807) is 6.08 Å². The summed E-state index contributed by atoms with van der Waals surface area (Å²) in [7, 11) is -4.36. The number of hydrogen-bond donors (Lipinski definition) is 3. The molecule has 0 heterocycles. The fraction of sp³-hybridized carbons (Fsp3) is 0.744. The van der Waals surface area contributed by atoms with Crippen LogP contribution in [0.1, 0.15) is 187 Å². The van der Waals surface area contributed by atoms with E-state index in [4.69, 9.17) is 0 Å². The molecule has 0 aromatic heterocycles. The van der Waals surface area contributed by atoms with Gasteiger partial charge in [-0.3, -0.25) is 9.35 Å². The van der Waals surface area contributed by atoms with E-state index in [0.29, 0.717) is 6.42 Å². The summed E-state index contributed by atoms with van der Waals surface area (Å²) < 4.78 is 32.5. The fourth-order valence-corrected chi connectivity index (χ4v) is 6.64. The highest BCUT2D eigenvalue weighted by Crippen LogP contribution is 2.15. The van der Waals surface area contributed by atoms with Crippen molar-refractivity contribution < 1.29 is 22.9 Å². The topological polar surface area (TPSA) is 104 Å². The predicted octanol–water partition coefficient (Wildman–Crippen LogP) is 12.1. The van der Waals surface area contributed by atoms with Gasteiger partial charge in [-0.15, -0.1) is 0 Å². The highest BCUT2D eigenvalue weighted by molar-refractivity contribution is 7.85. The maximum Gasteiger partial charge on any atom is 0.267 e. The molecule has 0 aromatic carbocycles. The van der Waals surface area contributed by atoms with Gasteiger partial charge in [0.05, 0.1) is 17.9 Å². The molecule has 1 amide bonds. The Hall–Kier alpha value is -1.96. The van der Waals surface area contributed by atoms with Crippen LogP contribution in [0.2, 0.25) is 0 Å². The van der Waals surface area contributed by atoms with Gasteiger partial charge in [0.2, 0.25) is 5.91 Å². The molecule has 0 aliphatic rings. The van der Waals surface area contributed by atoms with Crippen LogP contribution >= 0.6 is 0 Å². The number of amides is 1. The van der Waals surface area contributed by atoms with E-state index in [2.05, 4.69) is 67.8 Å². The Bertz CT molecular complexity index is 1010. The monoisotopic (exact) mass is 720 g/mol. The third kappa shape index (κ3) is 37.3. The Labute approximate surface area is 309 Å². The molecule has 0 bridgehead atoms. The molecular formula is C43H77NO5S. The minimum atomic E-state index is -4.36. The Morgan fingerprint density at radius 1 is 0.560 bits per heavy atom. The molecule has 0 aliphatic carbocycles. The van der Waals surface area contributed by atoms with Crippen molar-refractivity contribution in [3.63, 3.8) is 0 Å². The van der Waals surface area contributed by atoms with Crippen molar-refractivity contribution >= 4 is 16.0 Å². The molecular weight excluding hydrogens is 643 g/mol. The number of rotatable bonds is 36. The third-order valence-corrected chi connectivity index (χ3v) is 9.73. The van der Waals surface area contributed by atoms with Crippen LogP contribution in [-0.2, 0) is 14.9 Å². The lowest BCUT2D eigenvalue weighted by molar-refractivity contribution is -0.122. The second kappa shape index (κ2) is 36.8. The molecule has 7 heteroatoms. The van der Waals surface area contributed by atoms with Gasteiger partial charge >= 0.3 is 0 Å². The van der Waals surface area contributed by atoms with Crippen LogP contribution in [0.15, 0.2) is 60.8 Å². The average Bonchev–Trinajstić information content (AvgIpc) is 3.08. The van der Waals surface area contributed by atoms with Gasteiger partial charge in [0, 0.05) is 6.42 Å². The molecule has 50 heavy (non-hydrogen) atoms. The quantitative estimate of drug-likeness (QED) is 0.0340. The maximum atomic E-state index is 12.5. The number of unbranched alkanes of at least 4 members (excludes halogenated alkanes) is 20. The zero-order valence-corrected chi connectivity index (χ0v) is 33.1. The average molecular weight is 720 g/mol. The summed E-state index contributed by atoms with van der Waals surface area (Å²) in [5.74, 6) is -1.04. The fourth-order valence-electron chi connectivity index (χ4n) is 5.91. The summed E-state index contributed by atoms with van der Waals surface area (Å²) in [6, 6.07) is -1.08. The summed E-state index contributed by atoms with van der Waals surface area (Å²) in [5, 5.41) is 13.2. The van der Waals surface area contributed by atoms with E-state index in [9.17, 15) is 22.9 Å². The molecule has 290 valence electrons. The van der Waals surface area contributed by atoms with Crippen LogP contribution in [0.25, 0.3) is 0 Å². The lowest BCUT2D eigenvalue weighted by Crippen LogP contribution is -2.46. The summed E-state index contributed by atoms with van der Waals surface area (Å²) >= 11 is 0. The highest BCUT2D eigenvalue weighted by Gasteiger charge is 2.24. The van der Waals surface area contributed by atoms with Gasteiger partial charge in [0.1, 0.15) is 0 Å². The van der Waals surface area contributed by atoms with E-state index >= 15 is 0 Å². The molecule has 0 radical (unpaired) electrons. The van der Waals surface area contributed by atoms with Crippen molar-refractivity contribution in [2.24, 2.45) is 0 Å². The highest BCUT2D eigenvalue weighted by atomic mass is 32.2. The van der Waals surface area contributed by atoms with E-state index < -0.39 is 28.0 Å². The van der Waals surface area contributed by atoms with Gasteiger partial charge in [-0.1, -0.05) is 184 Å². The van der Waals surface area contributed by atoms with E-state index in [0.717, 1.165) is 57.8 Å². The van der Waals surface area contributed by atoms with Crippen LogP contribution in [0.3, 0.4) is 0 Å². The third-order valence-electron chi connectivity index (χ3n) is 8.95. The lowest BCUT2D eigenvalue weighted by Gasteiger charge is -2.21. The van der Waals surface area contributed by atoms with Gasteiger partial charge in [-0.05, 0) is 57.8 Å². The number of carbonyl (C=O) groups excluding carboxylic acids is 1. The molecule has 0 aromatic rings. The Balaban J connectivity index is 3.98. The Morgan fingerprint density at radius 2 is 0.960 bits per heavy atom. The smallest absolute Gasteiger partial charge is 0.267 e. The molecule has 2 atom stereocenters. The Kier molecular flexibility index (Phi) is 35.4. The second-order valence-electron chi connectivity index (χ2n) is 13.9. The van der Waals surface area contributed by atoms with Crippen molar-refractivity contribution in [2.45, 2.75) is 199 Å². The first-order chi connectivity index (χ1) is 24.3. The minimum Gasteiger partial charge on any atom is -0.387 e. The van der Waals surface area contributed by atoms with Crippen molar-refractivity contribution in [1.82, 2.24) is 5.32 Å². The first-order valence-corrected chi connectivity index (χ1v) is 22.1. The first kappa shape index (κ1) is 48.0. The summed E-state index contributed by atoms with van der Waals surface area (Å²) in [4.78, 5) is 12.5. The van der Waals surface area contributed by atoms with Crippen molar-refractivity contribution in [3.8, 4) is 0 Å². The number of nitrogens with one attached hydrogen (secondary N) is 1. The van der Waals surface area contributed by atoms with E-state index in [-0.39, 0.29) is 12.3 Å². The van der Waals surface area contributed by atoms with Gasteiger partial charge in [0.15, 0.2) is 0 Å². The summed E-state index contributed by atoms with van der Waals surface area (Å²) in [5.41, 5.74) is 0. The predicted molar refractivity (Wildman–Crippen MR) is 216 cm³/mol. The van der Waals surface area contributed by atoms with E-state index in [1.807, 2.05) is 6.08 Å². The SMILES string of the molecule is CC/C=C\C/C=C\C/C=C\C/C=C\CCCCC(=O)NC(CS(=O)(=O)O)C(O)/C=C/CCCCCCCCCCCCCCCCCCCC.